The highest BCUT2D eigenvalue weighted by atomic mass is 79.9. The van der Waals surface area contributed by atoms with Crippen LogP contribution in [0.25, 0.3) is 0 Å². The van der Waals surface area contributed by atoms with E-state index in [2.05, 4.69) is 15.9 Å². The molecule has 96 valence electrons. The van der Waals surface area contributed by atoms with Crippen LogP contribution in [0.1, 0.15) is 16.8 Å². The van der Waals surface area contributed by atoms with E-state index < -0.39 is 12.1 Å². The minimum atomic E-state index is -1.07. The van der Waals surface area contributed by atoms with Gasteiger partial charge >= 0.3 is 5.97 Å². The van der Waals surface area contributed by atoms with Crippen molar-refractivity contribution in [2.45, 2.75) is 12.5 Å². The Morgan fingerprint density at radius 2 is 2.28 bits per heavy atom. The maximum atomic E-state index is 11.7. The molecule has 5 nitrogen and oxygen atoms in total. The van der Waals surface area contributed by atoms with Crippen molar-refractivity contribution < 1.29 is 19.4 Å². The minimum absolute atomic E-state index is 0.0561. The third kappa shape index (κ3) is 2.48. The first kappa shape index (κ1) is 12.9. The van der Waals surface area contributed by atoms with E-state index in [1.165, 1.54) is 6.07 Å². The van der Waals surface area contributed by atoms with Crippen LogP contribution in [0.15, 0.2) is 22.7 Å². The standard InChI is InChI=1S/C12H12BrNO4/c1-14-5-4-9(11(14)15)18-10-6-7(13)2-3-8(10)12(16)17/h2-3,6,9H,4-5H2,1H3,(H,16,17). The van der Waals surface area contributed by atoms with Crippen molar-refractivity contribution in [3.05, 3.63) is 28.2 Å². The molecule has 0 spiro atoms. The number of amides is 1. The number of halogens is 1. The number of benzene rings is 1. The van der Waals surface area contributed by atoms with Gasteiger partial charge in [-0.25, -0.2) is 4.79 Å². The summed E-state index contributed by atoms with van der Waals surface area (Å²) in [5, 5.41) is 9.06. The highest BCUT2D eigenvalue weighted by Crippen LogP contribution is 2.26. The highest BCUT2D eigenvalue weighted by Gasteiger charge is 2.31. The highest BCUT2D eigenvalue weighted by molar-refractivity contribution is 9.10. The van der Waals surface area contributed by atoms with Crippen molar-refractivity contribution in [1.29, 1.82) is 0 Å². The fourth-order valence-corrected chi connectivity index (χ4v) is 2.16. The number of likely N-dealkylation sites (N-methyl/N-ethyl adjacent to an activating group) is 1. The van der Waals surface area contributed by atoms with Gasteiger partial charge in [-0.2, -0.15) is 0 Å². The normalized spacial score (nSPS) is 19.1. The Balaban J connectivity index is 2.25. The van der Waals surface area contributed by atoms with Gasteiger partial charge in [0.25, 0.3) is 5.91 Å². The number of nitrogens with zero attached hydrogens (tertiary/aromatic N) is 1. The van der Waals surface area contributed by atoms with Crippen molar-refractivity contribution in [2.24, 2.45) is 0 Å². The van der Waals surface area contributed by atoms with Crippen LogP contribution in [-0.2, 0) is 4.79 Å². The lowest BCUT2D eigenvalue weighted by Gasteiger charge is -2.14. The van der Waals surface area contributed by atoms with Gasteiger partial charge in [0.1, 0.15) is 11.3 Å². The lowest BCUT2D eigenvalue weighted by Crippen LogP contribution is -2.29. The zero-order valence-electron chi connectivity index (χ0n) is 9.72. The molecule has 1 atom stereocenters. The molecule has 1 aliphatic rings. The van der Waals surface area contributed by atoms with Gasteiger partial charge in [-0.05, 0) is 18.2 Å². The molecule has 1 fully saturated rings. The van der Waals surface area contributed by atoms with Crippen LogP contribution < -0.4 is 4.74 Å². The lowest BCUT2D eigenvalue weighted by molar-refractivity contribution is -0.132. The quantitative estimate of drug-likeness (QED) is 0.923. The smallest absolute Gasteiger partial charge is 0.339 e. The number of ether oxygens (including phenoxy) is 1. The Morgan fingerprint density at radius 1 is 1.56 bits per heavy atom. The van der Waals surface area contributed by atoms with Crippen LogP contribution >= 0.6 is 15.9 Å². The Hall–Kier alpha value is -1.56. The van der Waals surface area contributed by atoms with E-state index in [1.54, 1.807) is 24.1 Å². The molecule has 1 amide bonds. The molecule has 1 aliphatic heterocycles. The van der Waals surface area contributed by atoms with Crippen LogP contribution in [0.4, 0.5) is 0 Å². The minimum Gasteiger partial charge on any atom is -0.480 e. The summed E-state index contributed by atoms with van der Waals surface area (Å²) in [4.78, 5) is 24.4. The lowest BCUT2D eigenvalue weighted by atomic mass is 10.2. The van der Waals surface area contributed by atoms with E-state index in [1.807, 2.05) is 0 Å². The molecular weight excluding hydrogens is 302 g/mol. The zero-order valence-corrected chi connectivity index (χ0v) is 11.3. The summed E-state index contributed by atoms with van der Waals surface area (Å²) in [6, 6.07) is 4.64. The van der Waals surface area contributed by atoms with E-state index in [4.69, 9.17) is 9.84 Å². The predicted molar refractivity (Wildman–Crippen MR) is 67.8 cm³/mol. The fraction of sp³-hybridized carbons (Fsp3) is 0.333. The second-order valence-corrected chi connectivity index (χ2v) is 5.02. The molecule has 0 aromatic heterocycles. The average molecular weight is 314 g/mol. The molecular formula is C12H12BrNO4. The predicted octanol–water partition coefficient (Wildman–Crippen LogP) is 1.76. The SMILES string of the molecule is CN1CCC(Oc2cc(Br)ccc2C(=O)O)C1=O. The van der Waals surface area contributed by atoms with Crippen molar-refractivity contribution in [3.63, 3.8) is 0 Å². The fourth-order valence-electron chi connectivity index (χ4n) is 1.82. The number of carboxylic acid groups (broad SMARTS) is 1. The number of hydrogen-bond donors (Lipinski definition) is 1. The third-order valence-electron chi connectivity index (χ3n) is 2.82. The van der Waals surface area contributed by atoms with Gasteiger partial charge < -0.3 is 14.7 Å². The number of hydrogen-bond acceptors (Lipinski definition) is 3. The van der Waals surface area contributed by atoms with Gasteiger partial charge in [0.2, 0.25) is 0 Å². The molecule has 1 N–H and O–H groups in total. The van der Waals surface area contributed by atoms with Crippen LogP contribution in [0, 0.1) is 0 Å². The molecule has 0 radical (unpaired) electrons. The molecule has 1 aromatic carbocycles. The molecule has 1 unspecified atom stereocenters. The van der Waals surface area contributed by atoms with E-state index in [0.717, 1.165) is 0 Å². The van der Waals surface area contributed by atoms with Crippen LogP contribution in [0.2, 0.25) is 0 Å². The maximum absolute atomic E-state index is 11.7. The number of carboxylic acids is 1. The van der Waals surface area contributed by atoms with Gasteiger partial charge in [-0.1, -0.05) is 15.9 Å². The molecule has 1 aromatic rings. The molecule has 1 saturated heterocycles. The van der Waals surface area contributed by atoms with Crippen LogP contribution in [0.5, 0.6) is 5.75 Å². The van der Waals surface area contributed by atoms with E-state index in [0.29, 0.717) is 17.4 Å². The third-order valence-corrected chi connectivity index (χ3v) is 3.31. The van der Waals surface area contributed by atoms with Crippen LogP contribution in [0.3, 0.4) is 0 Å². The molecule has 6 heteroatoms. The van der Waals surface area contributed by atoms with Gasteiger partial charge in [-0.15, -0.1) is 0 Å². The number of rotatable bonds is 3. The van der Waals surface area contributed by atoms with Crippen molar-refractivity contribution in [1.82, 2.24) is 4.90 Å². The molecule has 18 heavy (non-hydrogen) atoms. The molecule has 0 saturated carbocycles. The van der Waals surface area contributed by atoms with Gasteiger partial charge in [0.05, 0.1) is 0 Å². The van der Waals surface area contributed by atoms with Crippen molar-refractivity contribution in [2.75, 3.05) is 13.6 Å². The van der Waals surface area contributed by atoms with Crippen molar-refractivity contribution >= 4 is 27.8 Å². The number of likely N-dealkylation sites (tertiary alicyclic amines) is 1. The van der Waals surface area contributed by atoms with Crippen LogP contribution in [-0.4, -0.2) is 41.6 Å². The van der Waals surface area contributed by atoms with E-state index in [-0.39, 0.29) is 17.2 Å². The summed E-state index contributed by atoms with van der Waals surface area (Å²) in [5.74, 6) is -0.979. The topological polar surface area (TPSA) is 66.8 Å². The summed E-state index contributed by atoms with van der Waals surface area (Å²) in [6.45, 7) is 0.625. The monoisotopic (exact) mass is 313 g/mol. The van der Waals surface area contributed by atoms with Gasteiger partial charge in [-0.3, -0.25) is 4.79 Å². The summed E-state index contributed by atoms with van der Waals surface area (Å²) in [7, 11) is 1.70. The first-order valence-electron chi connectivity index (χ1n) is 5.43. The number of carbonyl (C=O) groups is 2. The maximum Gasteiger partial charge on any atom is 0.339 e. The molecule has 1 heterocycles. The Morgan fingerprint density at radius 3 is 2.83 bits per heavy atom. The van der Waals surface area contributed by atoms with E-state index >= 15 is 0 Å². The number of carbonyl (C=O) groups excluding carboxylic acids is 1. The largest absolute Gasteiger partial charge is 0.480 e. The van der Waals surface area contributed by atoms with Gasteiger partial charge in [0.15, 0.2) is 6.10 Å². The average Bonchev–Trinajstić information content (AvgIpc) is 2.61. The van der Waals surface area contributed by atoms with Gasteiger partial charge in [0, 0.05) is 24.5 Å². The summed E-state index contributed by atoms with van der Waals surface area (Å²) in [5.41, 5.74) is 0.0561. The first-order chi connectivity index (χ1) is 8.49. The molecule has 0 bridgehead atoms. The summed E-state index contributed by atoms with van der Waals surface area (Å²) < 4.78 is 6.24. The van der Waals surface area contributed by atoms with Crippen molar-refractivity contribution in [3.8, 4) is 5.75 Å². The van der Waals surface area contributed by atoms with E-state index in [9.17, 15) is 9.59 Å². The second-order valence-electron chi connectivity index (χ2n) is 4.10. The Labute approximate surface area is 112 Å². The Kier molecular flexibility index (Phi) is 3.56. The molecule has 0 aliphatic carbocycles. The second kappa shape index (κ2) is 4.97. The first-order valence-corrected chi connectivity index (χ1v) is 6.23. The zero-order chi connectivity index (χ0) is 13.3. The molecule has 2 rings (SSSR count). The Bertz CT molecular complexity index is 503. The summed E-state index contributed by atoms with van der Waals surface area (Å²) >= 11 is 3.25. The number of aromatic carboxylic acids is 1. The summed E-state index contributed by atoms with van der Waals surface area (Å²) in [6.07, 6.45) is -0.0247.